The summed E-state index contributed by atoms with van der Waals surface area (Å²) < 4.78 is 5.39. The van der Waals surface area contributed by atoms with Gasteiger partial charge in [-0.2, -0.15) is 0 Å². The van der Waals surface area contributed by atoms with Crippen LogP contribution in [0.25, 0.3) is 0 Å². The fraction of sp³-hybridized carbons (Fsp3) is 0.944. The largest absolute Gasteiger partial charge is 0.379 e. The van der Waals surface area contributed by atoms with Crippen LogP contribution in [0.1, 0.15) is 33.1 Å². The summed E-state index contributed by atoms with van der Waals surface area (Å²) >= 11 is 0. The van der Waals surface area contributed by atoms with Crippen molar-refractivity contribution >= 4 is 29.9 Å². The number of likely N-dealkylation sites (tertiary alicyclic amines) is 1. The molecule has 2 N–H and O–H groups in total. The van der Waals surface area contributed by atoms with Gasteiger partial charge in [0.05, 0.1) is 13.2 Å². The van der Waals surface area contributed by atoms with Crippen LogP contribution in [0.5, 0.6) is 0 Å². The van der Waals surface area contributed by atoms with E-state index in [1.54, 1.807) is 0 Å². The maximum atomic E-state index is 5.39. The molecule has 2 heterocycles. The average molecular weight is 467 g/mol. The normalized spacial score (nSPS) is 21.4. The molecule has 0 aromatic rings. The van der Waals surface area contributed by atoms with Gasteiger partial charge in [-0.05, 0) is 38.8 Å². The Morgan fingerprint density at radius 1 is 1.04 bits per heavy atom. The quantitative estimate of drug-likeness (QED) is 0.323. The van der Waals surface area contributed by atoms with E-state index in [0.717, 1.165) is 58.4 Å². The molecule has 148 valence electrons. The summed E-state index contributed by atoms with van der Waals surface area (Å²) in [6, 6.07) is 0. The van der Waals surface area contributed by atoms with Gasteiger partial charge >= 0.3 is 0 Å². The molecule has 25 heavy (non-hydrogen) atoms. The molecule has 2 fully saturated rings. The number of halogens is 1. The number of guanidine groups is 1. The zero-order chi connectivity index (χ0) is 17.0. The Hall–Kier alpha value is -0.120. The highest BCUT2D eigenvalue weighted by Crippen LogP contribution is 2.11. The van der Waals surface area contributed by atoms with Gasteiger partial charge in [0, 0.05) is 45.8 Å². The van der Waals surface area contributed by atoms with Gasteiger partial charge in [-0.1, -0.05) is 13.3 Å². The van der Waals surface area contributed by atoms with Crippen molar-refractivity contribution in [1.29, 1.82) is 0 Å². The van der Waals surface area contributed by atoms with E-state index in [0.29, 0.717) is 5.92 Å². The van der Waals surface area contributed by atoms with Gasteiger partial charge in [-0.25, -0.2) is 0 Å². The van der Waals surface area contributed by atoms with Crippen LogP contribution in [0.3, 0.4) is 0 Å². The minimum absolute atomic E-state index is 0. The van der Waals surface area contributed by atoms with Crippen LogP contribution in [0.2, 0.25) is 0 Å². The minimum atomic E-state index is 0. The predicted octanol–water partition coefficient (Wildman–Crippen LogP) is 1.61. The van der Waals surface area contributed by atoms with Gasteiger partial charge in [0.2, 0.25) is 0 Å². The van der Waals surface area contributed by atoms with Gasteiger partial charge < -0.3 is 20.3 Å². The highest BCUT2D eigenvalue weighted by Gasteiger charge is 2.13. The van der Waals surface area contributed by atoms with Crippen molar-refractivity contribution in [2.45, 2.75) is 33.1 Å². The third kappa shape index (κ3) is 9.96. The van der Waals surface area contributed by atoms with Crippen molar-refractivity contribution < 1.29 is 4.74 Å². The highest BCUT2D eigenvalue weighted by molar-refractivity contribution is 14.0. The molecule has 2 rings (SSSR count). The molecule has 0 amide bonds. The number of nitrogens with one attached hydrogen (secondary N) is 2. The lowest BCUT2D eigenvalue weighted by Crippen LogP contribution is -2.44. The smallest absolute Gasteiger partial charge is 0.191 e. The first-order chi connectivity index (χ1) is 11.8. The van der Waals surface area contributed by atoms with Crippen LogP contribution in [-0.4, -0.2) is 87.9 Å². The molecule has 0 aromatic heterocycles. The van der Waals surface area contributed by atoms with E-state index in [4.69, 9.17) is 9.73 Å². The molecule has 0 aliphatic carbocycles. The van der Waals surface area contributed by atoms with Gasteiger partial charge in [0.1, 0.15) is 0 Å². The number of ether oxygens (including phenoxy) is 1. The SMILES string of the molecule is CCNC(=NCC(C)CN1CCCCC1)NCCN1CCOCC1.I. The van der Waals surface area contributed by atoms with Gasteiger partial charge in [0.15, 0.2) is 5.96 Å². The molecule has 2 aliphatic rings. The summed E-state index contributed by atoms with van der Waals surface area (Å²) in [5, 5.41) is 6.83. The van der Waals surface area contributed by atoms with Gasteiger partial charge in [0.25, 0.3) is 0 Å². The van der Waals surface area contributed by atoms with Gasteiger partial charge in [-0.15, -0.1) is 24.0 Å². The summed E-state index contributed by atoms with van der Waals surface area (Å²) in [6.45, 7) is 15.8. The molecule has 0 aromatic carbocycles. The van der Waals surface area contributed by atoms with Crippen molar-refractivity contribution in [3.63, 3.8) is 0 Å². The predicted molar refractivity (Wildman–Crippen MR) is 116 cm³/mol. The number of rotatable bonds is 8. The molecule has 1 atom stereocenters. The molecule has 6 nitrogen and oxygen atoms in total. The molecule has 0 saturated carbocycles. The van der Waals surface area contributed by atoms with E-state index in [1.807, 2.05) is 0 Å². The number of piperidine rings is 1. The van der Waals surface area contributed by atoms with E-state index < -0.39 is 0 Å². The summed E-state index contributed by atoms with van der Waals surface area (Å²) in [7, 11) is 0. The lowest BCUT2D eigenvalue weighted by atomic mass is 10.1. The fourth-order valence-corrected chi connectivity index (χ4v) is 3.39. The number of nitrogens with zero attached hydrogens (tertiary/aromatic N) is 3. The third-order valence-corrected chi connectivity index (χ3v) is 4.75. The second kappa shape index (κ2) is 14.0. The Morgan fingerprint density at radius 3 is 2.44 bits per heavy atom. The summed E-state index contributed by atoms with van der Waals surface area (Å²) in [6.07, 6.45) is 4.13. The van der Waals surface area contributed by atoms with E-state index in [2.05, 4.69) is 34.3 Å². The van der Waals surface area contributed by atoms with Crippen molar-refractivity contribution in [2.75, 3.05) is 72.1 Å². The molecule has 7 heteroatoms. The van der Waals surface area contributed by atoms with Crippen LogP contribution < -0.4 is 10.6 Å². The van der Waals surface area contributed by atoms with Gasteiger partial charge in [-0.3, -0.25) is 9.89 Å². The van der Waals surface area contributed by atoms with Crippen LogP contribution in [0, 0.1) is 5.92 Å². The van der Waals surface area contributed by atoms with Crippen LogP contribution in [0.15, 0.2) is 4.99 Å². The summed E-state index contributed by atoms with van der Waals surface area (Å²) in [5.41, 5.74) is 0. The first kappa shape index (κ1) is 22.9. The Balaban J connectivity index is 0.00000312. The molecular weight excluding hydrogens is 429 g/mol. The highest BCUT2D eigenvalue weighted by atomic mass is 127. The second-order valence-electron chi connectivity index (χ2n) is 7.07. The molecule has 2 saturated heterocycles. The Bertz CT molecular complexity index is 357. The molecule has 0 radical (unpaired) electrons. The van der Waals surface area contributed by atoms with E-state index >= 15 is 0 Å². The van der Waals surface area contributed by atoms with Crippen molar-refractivity contribution in [3.8, 4) is 0 Å². The minimum Gasteiger partial charge on any atom is -0.379 e. The standard InChI is InChI=1S/C18H37N5O.HI/c1-3-19-18(20-7-10-22-11-13-24-14-12-22)21-15-17(2)16-23-8-5-4-6-9-23;/h17H,3-16H2,1-2H3,(H2,19,20,21);1H. The topological polar surface area (TPSA) is 52.1 Å². The van der Waals surface area contributed by atoms with Crippen molar-refractivity contribution in [2.24, 2.45) is 10.9 Å². The second-order valence-corrected chi connectivity index (χ2v) is 7.07. The molecular formula is C18H38IN5O. The Labute approximate surface area is 171 Å². The summed E-state index contributed by atoms with van der Waals surface area (Å²) in [4.78, 5) is 9.83. The molecule has 0 bridgehead atoms. The first-order valence-electron chi connectivity index (χ1n) is 9.82. The maximum absolute atomic E-state index is 5.39. The van der Waals surface area contributed by atoms with Crippen molar-refractivity contribution in [3.05, 3.63) is 0 Å². The number of aliphatic imine (C=N–C) groups is 1. The Morgan fingerprint density at radius 2 is 1.76 bits per heavy atom. The van der Waals surface area contributed by atoms with E-state index in [9.17, 15) is 0 Å². The van der Waals surface area contributed by atoms with E-state index in [-0.39, 0.29) is 24.0 Å². The summed E-state index contributed by atoms with van der Waals surface area (Å²) in [5.74, 6) is 1.56. The van der Waals surface area contributed by atoms with Crippen LogP contribution in [-0.2, 0) is 4.74 Å². The first-order valence-corrected chi connectivity index (χ1v) is 9.82. The zero-order valence-corrected chi connectivity index (χ0v) is 18.5. The lowest BCUT2D eigenvalue weighted by Gasteiger charge is -2.28. The zero-order valence-electron chi connectivity index (χ0n) is 16.1. The number of morpholine rings is 1. The number of hydrogen-bond acceptors (Lipinski definition) is 4. The molecule has 0 spiro atoms. The molecule has 2 aliphatic heterocycles. The van der Waals surface area contributed by atoms with Crippen molar-refractivity contribution in [1.82, 2.24) is 20.4 Å². The number of hydrogen-bond donors (Lipinski definition) is 2. The average Bonchev–Trinajstić information content (AvgIpc) is 2.61. The maximum Gasteiger partial charge on any atom is 0.191 e. The molecule has 1 unspecified atom stereocenters. The Kier molecular flexibility index (Phi) is 12.8. The van der Waals surface area contributed by atoms with Crippen LogP contribution in [0.4, 0.5) is 0 Å². The third-order valence-electron chi connectivity index (χ3n) is 4.75. The monoisotopic (exact) mass is 467 g/mol. The lowest BCUT2D eigenvalue weighted by molar-refractivity contribution is 0.0389. The fourth-order valence-electron chi connectivity index (χ4n) is 3.39. The van der Waals surface area contributed by atoms with Crippen LogP contribution >= 0.6 is 24.0 Å². The van der Waals surface area contributed by atoms with E-state index in [1.165, 1.54) is 38.9 Å².